The van der Waals surface area contributed by atoms with Gasteiger partial charge >= 0.3 is 0 Å². The summed E-state index contributed by atoms with van der Waals surface area (Å²) in [7, 11) is 1.45. The lowest BCUT2D eigenvalue weighted by Gasteiger charge is -2.35. The summed E-state index contributed by atoms with van der Waals surface area (Å²) in [5.41, 5.74) is 3.77. The van der Waals surface area contributed by atoms with Crippen molar-refractivity contribution in [1.82, 2.24) is 14.9 Å². The summed E-state index contributed by atoms with van der Waals surface area (Å²) >= 11 is 20.6. The highest BCUT2D eigenvalue weighted by Gasteiger charge is 2.24. The van der Waals surface area contributed by atoms with Crippen molar-refractivity contribution in [3.8, 4) is 5.75 Å². The highest BCUT2D eigenvalue weighted by Crippen LogP contribution is 2.46. The Morgan fingerprint density at radius 2 is 1.77 bits per heavy atom. The molecular formula is C27H27Cl3N6O2S. The van der Waals surface area contributed by atoms with E-state index in [9.17, 15) is 4.79 Å². The zero-order chi connectivity index (χ0) is 27.7. The van der Waals surface area contributed by atoms with Crippen LogP contribution in [0.3, 0.4) is 0 Å². The SMILES string of the molecule is CCN1CCN(c2ccc(Nc3ncnc4c(C(=O)Nc5c(Cl)c(C)c(Cl)c(OC)c5Cl)csc34)cc2)CC1. The summed E-state index contributed by atoms with van der Waals surface area (Å²) in [6.45, 7) is 9.21. The molecular weight excluding hydrogens is 579 g/mol. The molecule has 1 amide bonds. The van der Waals surface area contributed by atoms with E-state index in [0.29, 0.717) is 27.5 Å². The first-order valence-corrected chi connectivity index (χ1v) is 14.4. The lowest BCUT2D eigenvalue weighted by atomic mass is 10.2. The number of carbonyl (C=O) groups excluding carboxylic acids is 1. The molecule has 39 heavy (non-hydrogen) atoms. The van der Waals surface area contributed by atoms with E-state index in [-0.39, 0.29) is 21.5 Å². The van der Waals surface area contributed by atoms with Crippen LogP contribution in [0, 0.1) is 6.92 Å². The maximum Gasteiger partial charge on any atom is 0.258 e. The van der Waals surface area contributed by atoms with E-state index >= 15 is 0 Å². The smallest absolute Gasteiger partial charge is 0.258 e. The van der Waals surface area contributed by atoms with Crippen LogP contribution in [0.2, 0.25) is 15.1 Å². The second-order valence-corrected chi connectivity index (χ2v) is 11.1. The monoisotopic (exact) mass is 604 g/mol. The molecule has 2 N–H and O–H groups in total. The molecule has 1 aliphatic rings. The number of anilines is 4. The Labute approximate surface area is 245 Å². The van der Waals surface area contributed by atoms with Crippen LogP contribution in [0.5, 0.6) is 5.75 Å². The average molecular weight is 606 g/mol. The molecule has 0 saturated carbocycles. The van der Waals surface area contributed by atoms with Crippen LogP contribution >= 0.6 is 46.1 Å². The number of halogens is 3. The third-order valence-electron chi connectivity index (χ3n) is 6.85. The van der Waals surface area contributed by atoms with Gasteiger partial charge in [0, 0.05) is 42.9 Å². The topological polar surface area (TPSA) is 82.6 Å². The number of thiophene rings is 1. The van der Waals surface area contributed by atoms with Gasteiger partial charge in [-0.15, -0.1) is 11.3 Å². The standard InChI is InChI=1S/C27H27Cl3N6O2S/c1-4-35-9-11-36(12-10-35)17-7-5-16(6-8-17)33-26-25-22(31-14-32-26)18(13-39-25)27(37)34-23-19(28)15(2)20(29)24(38-3)21(23)30/h5-8,13-14H,4,9-12H2,1-3H3,(H,34,37)(H,31,32,33). The summed E-state index contributed by atoms with van der Waals surface area (Å²) in [6, 6.07) is 8.31. The Bertz CT molecular complexity index is 1520. The summed E-state index contributed by atoms with van der Waals surface area (Å²) in [6.07, 6.45) is 1.44. The number of nitrogens with zero attached hydrogens (tertiary/aromatic N) is 4. The van der Waals surface area contributed by atoms with Crippen LogP contribution < -0.4 is 20.3 Å². The second kappa shape index (κ2) is 11.7. The van der Waals surface area contributed by atoms with E-state index in [2.05, 4.69) is 49.5 Å². The normalized spacial score (nSPS) is 14.1. The van der Waals surface area contributed by atoms with E-state index in [1.165, 1.54) is 30.5 Å². The van der Waals surface area contributed by atoms with Crippen molar-refractivity contribution in [2.75, 3.05) is 55.4 Å². The molecule has 2 aromatic carbocycles. The van der Waals surface area contributed by atoms with E-state index < -0.39 is 5.91 Å². The van der Waals surface area contributed by atoms with Crippen molar-refractivity contribution < 1.29 is 9.53 Å². The minimum absolute atomic E-state index is 0.124. The largest absolute Gasteiger partial charge is 0.494 e. The number of aromatic nitrogens is 2. The van der Waals surface area contributed by atoms with Gasteiger partial charge in [-0.3, -0.25) is 4.79 Å². The lowest BCUT2D eigenvalue weighted by molar-refractivity contribution is 0.102. The molecule has 2 aromatic heterocycles. The van der Waals surface area contributed by atoms with Gasteiger partial charge in [0.05, 0.1) is 38.6 Å². The molecule has 0 bridgehead atoms. The Kier molecular flexibility index (Phi) is 8.35. The molecule has 204 valence electrons. The number of amides is 1. The van der Waals surface area contributed by atoms with Crippen LogP contribution in [-0.2, 0) is 0 Å². The maximum atomic E-state index is 13.3. The lowest BCUT2D eigenvalue weighted by Crippen LogP contribution is -2.46. The number of hydrogen-bond donors (Lipinski definition) is 2. The molecule has 1 aliphatic heterocycles. The number of rotatable bonds is 7. The first-order chi connectivity index (χ1) is 18.8. The Balaban J connectivity index is 1.35. The fourth-order valence-electron chi connectivity index (χ4n) is 4.55. The minimum atomic E-state index is -0.411. The van der Waals surface area contributed by atoms with E-state index in [0.717, 1.165) is 43.1 Å². The van der Waals surface area contributed by atoms with Crippen molar-refractivity contribution >= 4 is 85.1 Å². The number of ether oxygens (including phenoxy) is 1. The molecule has 0 atom stereocenters. The summed E-state index contributed by atoms with van der Waals surface area (Å²) < 4.78 is 6.07. The zero-order valence-corrected chi connectivity index (χ0v) is 24.7. The van der Waals surface area contributed by atoms with Crippen molar-refractivity contribution in [3.05, 3.63) is 62.2 Å². The third-order valence-corrected chi connectivity index (χ3v) is 9.12. The highest BCUT2D eigenvalue weighted by molar-refractivity contribution is 7.18. The quantitative estimate of drug-likeness (QED) is 0.232. The van der Waals surface area contributed by atoms with Gasteiger partial charge < -0.3 is 25.2 Å². The van der Waals surface area contributed by atoms with Gasteiger partial charge in [0.15, 0.2) is 11.6 Å². The number of hydrogen-bond acceptors (Lipinski definition) is 8. The van der Waals surface area contributed by atoms with Crippen molar-refractivity contribution in [1.29, 1.82) is 0 Å². The van der Waals surface area contributed by atoms with Crippen LogP contribution in [0.25, 0.3) is 10.2 Å². The second-order valence-electron chi connectivity index (χ2n) is 9.07. The third kappa shape index (κ3) is 5.47. The molecule has 1 saturated heterocycles. The zero-order valence-electron chi connectivity index (χ0n) is 21.6. The van der Waals surface area contributed by atoms with Crippen molar-refractivity contribution in [2.45, 2.75) is 13.8 Å². The van der Waals surface area contributed by atoms with Gasteiger partial charge in [-0.2, -0.15) is 0 Å². The van der Waals surface area contributed by atoms with Crippen LogP contribution in [-0.4, -0.2) is 60.6 Å². The highest BCUT2D eigenvalue weighted by atomic mass is 35.5. The van der Waals surface area contributed by atoms with Gasteiger partial charge in [-0.1, -0.05) is 41.7 Å². The summed E-state index contributed by atoms with van der Waals surface area (Å²) in [4.78, 5) is 27.0. The molecule has 0 spiro atoms. The maximum absolute atomic E-state index is 13.3. The molecule has 12 heteroatoms. The number of benzene rings is 2. The van der Waals surface area contributed by atoms with Crippen LogP contribution in [0.15, 0.2) is 36.0 Å². The molecule has 0 radical (unpaired) electrons. The Hall–Kier alpha value is -2.82. The van der Waals surface area contributed by atoms with E-state index in [1.54, 1.807) is 12.3 Å². The van der Waals surface area contributed by atoms with Gasteiger partial charge in [0.25, 0.3) is 5.91 Å². The van der Waals surface area contributed by atoms with Crippen LogP contribution in [0.4, 0.5) is 22.9 Å². The number of carbonyl (C=O) groups is 1. The number of nitrogens with one attached hydrogen (secondary N) is 2. The van der Waals surface area contributed by atoms with Crippen molar-refractivity contribution in [2.24, 2.45) is 0 Å². The first-order valence-electron chi connectivity index (χ1n) is 12.4. The molecule has 3 heterocycles. The molecule has 1 fully saturated rings. The van der Waals surface area contributed by atoms with Crippen LogP contribution in [0.1, 0.15) is 22.8 Å². The molecule has 0 aliphatic carbocycles. The summed E-state index contributed by atoms with van der Waals surface area (Å²) in [5, 5.41) is 8.57. The Morgan fingerprint density at radius 1 is 1.05 bits per heavy atom. The number of likely N-dealkylation sites (N-methyl/N-ethyl adjacent to an activating group) is 1. The predicted octanol–water partition coefficient (Wildman–Crippen LogP) is 7.11. The van der Waals surface area contributed by atoms with Gasteiger partial charge in [-0.05, 0) is 43.3 Å². The minimum Gasteiger partial charge on any atom is -0.494 e. The Morgan fingerprint density at radius 3 is 2.44 bits per heavy atom. The summed E-state index contributed by atoms with van der Waals surface area (Å²) in [5.74, 6) is 0.452. The van der Waals surface area contributed by atoms with E-state index in [1.807, 2.05) is 12.1 Å². The molecule has 0 unspecified atom stereocenters. The van der Waals surface area contributed by atoms with Gasteiger partial charge in [0.2, 0.25) is 0 Å². The number of methoxy groups -OCH3 is 1. The number of piperazine rings is 1. The molecule has 4 aromatic rings. The molecule has 5 rings (SSSR count). The number of fused-ring (bicyclic) bond motifs is 1. The molecule has 8 nitrogen and oxygen atoms in total. The predicted molar refractivity (Wildman–Crippen MR) is 162 cm³/mol. The first kappa shape index (κ1) is 27.7. The fourth-order valence-corrected chi connectivity index (χ4v) is 6.45. The fraction of sp³-hybridized carbons (Fsp3) is 0.296. The average Bonchev–Trinajstić information content (AvgIpc) is 3.40. The van der Waals surface area contributed by atoms with E-state index in [4.69, 9.17) is 39.5 Å². The van der Waals surface area contributed by atoms with Crippen molar-refractivity contribution in [3.63, 3.8) is 0 Å². The van der Waals surface area contributed by atoms with Gasteiger partial charge in [0.1, 0.15) is 11.3 Å². The van der Waals surface area contributed by atoms with Gasteiger partial charge in [-0.25, -0.2) is 9.97 Å².